The number of hydrogen-bond acceptors (Lipinski definition) is 5. The molecule has 1 saturated carbocycles. The van der Waals surface area contributed by atoms with E-state index in [1.54, 1.807) is 7.11 Å². The first kappa shape index (κ1) is 19.2. The summed E-state index contributed by atoms with van der Waals surface area (Å²) >= 11 is 1.35. The Balaban J connectivity index is 1.68. The van der Waals surface area contributed by atoms with Gasteiger partial charge in [-0.2, -0.15) is 5.26 Å². The third-order valence-corrected chi connectivity index (χ3v) is 5.54. The molecule has 5 nitrogen and oxygen atoms in total. The highest BCUT2D eigenvalue weighted by Gasteiger charge is 2.32. The van der Waals surface area contributed by atoms with Crippen molar-refractivity contribution in [3.8, 4) is 11.8 Å². The van der Waals surface area contributed by atoms with Gasteiger partial charge in [0.15, 0.2) is 0 Å². The molecule has 0 saturated heterocycles. The van der Waals surface area contributed by atoms with E-state index < -0.39 is 0 Å². The van der Waals surface area contributed by atoms with Gasteiger partial charge in [0.2, 0.25) is 5.91 Å². The molecule has 1 aromatic heterocycles. The lowest BCUT2D eigenvalue weighted by Gasteiger charge is -2.22. The van der Waals surface area contributed by atoms with Crippen molar-refractivity contribution in [3.05, 3.63) is 52.7 Å². The summed E-state index contributed by atoms with van der Waals surface area (Å²) in [5.41, 5.74) is 3.41. The van der Waals surface area contributed by atoms with Crippen molar-refractivity contribution < 1.29 is 9.53 Å². The van der Waals surface area contributed by atoms with E-state index in [0.29, 0.717) is 23.2 Å². The van der Waals surface area contributed by atoms with Crippen molar-refractivity contribution in [3.63, 3.8) is 0 Å². The zero-order valence-electron chi connectivity index (χ0n) is 15.9. The number of benzene rings is 1. The van der Waals surface area contributed by atoms with Crippen LogP contribution in [0.4, 0.5) is 0 Å². The zero-order chi connectivity index (χ0) is 19.4. The number of nitrogens with zero attached hydrogens (tertiary/aromatic N) is 3. The summed E-state index contributed by atoms with van der Waals surface area (Å²) in [5.74, 6) is 1.18. The number of aromatic nitrogens is 1. The molecule has 1 aliphatic rings. The molecule has 27 heavy (non-hydrogen) atoms. The van der Waals surface area contributed by atoms with E-state index in [1.165, 1.54) is 11.8 Å². The topological polar surface area (TPSA) is 66.2 Å². The van der Waals surface area contributed by atoms with Crippen LogP contribution in [0.25, 0.3) is 0 Å². The third kappa shape index (κ3) is 4.81. The number of carbonyl (C=O) groups is 1. The smallest absolute Gasteiger partial charge is 0.233 e. The molecule has 1 fully saturated rings. The monoisotopic (exact) mass is 381 g/mol. The van der Waals surface area contributed by atoms with Gasteiger partial charge in [-0.3, -0.25) is 4.79 Å². The van der Waals surface area contributed by atoms with E-state index in [4.69, 9.17) is 4.74 Å². The van der Waals surface area contributed by atoms with Crippen molar-refractivity contribution in [2.45, 2.75) is 44.3 Å². The molecule has 0 unspecified atom stereocenters. The number of hydrogen-bond donors (Lipinski definition) is 0. The predicted molar refractivity (Wildman–Crippen MR) is 106 cm³/mol. The van der Waals surface area contributed by atoms with Crippen molar-refractivity contribution in [2.24, 2.45) is 0 Å². The number of methoxy groups -OCH3 is 1. The maximum Gasteiger partial charge on any atom is 0.233 e. The van der Waals surface area contributed by atoms with Crippen LogP contribution >= 0.6 is 11.8 Å². The van der Waals surface area contributed by atoms with Gasteiger partial charge in [0.05, 0.1) is 18.4 Å². The Morgan fingerprint density at radius 2 is 2.04 bits per heavy atom. The Morgan fingerprint density at radius 1 is 1.33 bits per heavy atom. The highest BCUT2D eigenvalue weighted by molar-refractivity contribution is 8.00. The van der Waals surface area contributed by atoms with E-state index in [-0.39, 0.29) is 11.7 Å². The van der Waals surface area contributed by atoms with Crippen molar-refractivity contribution in [1.82, 2.24) is 9.88 Å². The van der Waals surface area contributed by atoms with Crippen LogP contribution < -0.4 is 4.74 Å². The van der Waals surface area contributed by atoms with Crippen LogP contribution in [-0.4, -0.2) is 34.7 Å². The summed E-state index contributed by atoms with van der Waals surface area (Å²) < 4.78 is 5.19. The predicted octanol–water partition coefficient (Wildman–Crippen LogP) is 3.86. The van der Waals surface area contributed by atoms with Gasteiger partial charge < -0.3 is 9.64 Å². The normalized spacial score (nSPS) is 13.1. The first-order valence-corrected chi connectivity index (χ1v) is 9.94. The molecule has 0 atom stereocenters. The molecule has 0 bridgehead atoms. The van der Waals surface area contributed by atoms with Gasteiger partial charge in [0.25, 0.3) is 0 Å². The number of nitriles is 1. The molecule has 0 aliphatic heterocycles. The van der Waals surface area contributed by atoms with Crippen LogP contribution in [0.1, 0.15) is 35.2 Å². The second-order valence-corrected chi connectivity index (χ2v) is 7.73. The Bertz CT molecular complexity index is 870. The van der Waals surface area contributed by atoms with E-state index in [0.717, 1.165) is 35.4 Å². The molecule has 1 heterocycles. The van der Waals surface area contributed by atoms with E-state index in [1.807, 2.05) is 49.1 Å². The fourth-order valence-corrected chi connectivity index (χ4v) is 3.98. The fourth-order valence-electron chi connectivity index (χ4n) is 2.99. The lowest BCUT2D eigenvalue weighted by molar-refractivity contribution is -0.129. The number of amides is 1. The molecule has 1 aliphatic carbocycles. The lowest BCUT2D eigenvalue weighted by atomic mass is 10.1. The Morgan fingerprint density at radius 3 is 2.63 bits per heavy atom. The molecular formula is C21H23N3O2S. The number of ether oxygens (including phenoxy) is 1. The summed E-state index contributed by atoms with van der Waals surface area (Å²) in [7, 11) is 1.64. The van der Waals surface area contributed by atoms with Gasteiger partial charge in [-0.05, 0) is 56.0 Å². The fraction of sp³-hybridized carbons (Fsp3) is 0.381. The van der Waals surface area contributed by atoms with Crippen LogP contribution in [0.15, 0.2) is 35.4 Å². The average Bonchev–Trinajstić information content (AvgIpc) is 3.49. The van der Waals surface area contributed by atoms with Crippen LogP contribution in [0.2, 0.25) is 0 Å². The molecule has 0 spiro atoms. The van der Waals surface area contributed by atoms with Gasteiger partial charge in [-0.1, -0.05) is 23.9 Å². The summed E-state index contributed by atoms with van der Waals surface area (Å²) in [4.78, 5) is 19.3. The second-order valence-electron chi connectivity index (χ2n) is 6.76. The first-order valence-electron chi connectivity index (χ1n) is 8.95. The van der Waals surface area contributed by atoms with Gasteiger partial charge >= 0.3 is 0 Å². The van der Waals surface area contributed by atoms with Gasteiger partial charge in [-0.25, -0.2) is 4.98 Å². The third-order valence-electron chi connectivity index (χ3n) is 4.58. The molecule has 6 heteroatoms. The van der Waals surface area contributed by atoms with Crippen LogP contribution in [-0.2, 0) is 11.3 Å². The number of pyridine rings is 1. The maximum absolute atomic E-state index is 12.9. The molecule has 2 aromatic rings. The van der Waals surface area contributed by atoms with Crippen molar-refractivity contribution in [1.29, 1.82) is 5.26 Å². The molecular weight excluding hydrogens is 358 g/mol. The summed E-state index contributed by atoms with van der Waals surface area (Å²) in [5, 5.41) is 10.0. The molecule has 3 rings (SSSR count). The highest BCUT2D eigenvalue weighted by Crippen LogP contribution is 2.31. The molecule has 140 valence electrons. The number of aryl methyl sites for hydroxylation is 2. The van der Waals surface area contributed by atoms with Gasteiger partial charge in [0, 0.05) is 18.3 Å². The number of carbonyl (C=O) groups excluding carboxylic acids is 1. The molecule has 1 amide bonds. The van der Waals surface area contributed by atoms with E-state index in [9.17, 15) is 10.1 Å². The lowest BCUT2D eigenvalue weighted by Crippen LogP contribution is -2.34. The minimum Gasteiger partial charge on any atom is -0.497 e. The molecule has 1 aromatic carbocycles. The van der Waals surface area contributed by atoms with Crippen molar-refractivity contribution in [2.75, 3.05) is 12.9 Å². The standard InChI is InChI=1S/C21H23N3O2S/c1-14-10-15(2)23-21(19(14)11-22)27-13-20(25)24(17-6-7-17)12-16-4-8-18(26-3)9-5-16/h4-5,8-10,17H,6-7,12-13H2,1-3H3. The van der Waals surface area contributed by atoms with Crippen LogP contribution in [0, 0.1) is 25.2 Å². The largest absolute Gasteiger partial charge is 0.497 e. The zero-order valence-corrected chi connectivity index (χ0v) is 16.7. The average molecular weight is 382 g/mol. The molecule has 0 N–H and O–H groups in total. The second kappa shape index (κ2) is 8.45. The number of thioether (sulfide) groups is 1. The highest BCUT2D eigenvalue weighted by atomic mass is 32.2. The Labute approximate surface area is 164 Å². The van der Waals surface area contributed by atoms with E-state index >= 15 is 0 Å². The minimum absolute atomic E-state index is 0.0863. The summed E-state index contributed by atoms with van der Waals surface area (Å²) in [6, 6.07) is 12.2. The quantitative estimate of drug-likeness (QED) is 0.681. The van der Waals surface area contributed by atoms with E-state index in [2.05, 4.69) is 11.1 Å². The van der Waals surface area contributed by atoms with Crippen LogP contribution in [0.5, 0.6) is 5.75 Å². The summed E-state index contributed by atoms with van der Waals surface area (Å²) in [6.07, 6.45) is 2.11. The SMILES string of the molecule is COc1ccc(CN(C(=O)CSc2nc(C)cc(C)c2C#N)C2CC2)cc1. The van der Waals surface area contributed by atoms with Crippen LogP contribution in [0.3, 0.4) is 0 Å². The molecule has 0 radical (unpaired) electrons. The summed E-state index contributed by atoms with van der Waals surface area (Å²) in [6.45, 7) is 4.40. The van der Waals surface area contributed by atoms with Gasteiger partial charge in [0.1, 0.15) is 16.8 Å². The maximum atomic E-state index is 12.9. The van der Waals surface area contributed by atoms with Crippen molar-refractivity contribution >= 4 is 17.7 Å². The Kier molecular flexibility index (Phi) is 6.02. The Hall–Kier alpha value is -2.52. The minimum atomic E-state index is 0.0863. The first-order chi connectivity index (χ1) is 13.0. The number of rotatable bonds is 7. The van der Waals surface area contributed by atoms with Gasteiger partial charge in [-0.15, -0.1) is 0 Å².